The van der Waals surface area contributed by atoms with E-state index < -0.39 is 0 Å². The van der Waals surface area contributed by atoms with Gasteiger partial charge in [0.05, 0.1) is 11.7 Å². The summed E-state index contributed by atoms with van der Waals surface area (Å²) in [5, 5.41) is 18.1. The van der Waals surface area contributed by atoms with E-state index in [2.05, 4.69) is 83.9 Å². The van der Waals surface area contributed by atoms with Crippen molar-refractivity contribution >= 4 is 63.9 Å². The van der Waals surface area contributed by atoms with Gasteiger partial charge in [-0.15, -0.1) is 5.10 Å². The summed E-state index contributed by atoms with van der Waals surface area (Å²) in [5.41, 5.74) is 3.62. The van der Waals surface area contributed by atoms with Crippen LogP contribution in [0.4, 0.5) is 23.3 Å². The van der Waals surface area contributed by atoms with E-state index >= 15 is 0 Å². The molecule has 0 spiro atoms. The third kappa shape index (κ3) is 6.24. The molecule has 8 rings (SSSR count). The number of hydrogen-bond acceptors (Lipinski definition) is 10. The Hall–Kier alpha value is -3.49. The molecule has 3 aliphatic rings. The number of aryl methyl sites for hydroxylation is 1. The van der Waals surface area contributed by atoms with Crippen molar-refractivity contribution in [1.29, 1.82) is 0 Å². The van der Waals surface area contributed by atoms with Crippen molar-refractivity contribution in [2.24, 2.45) is 0 Å². The lowest BCUT2D eigenvalue weighted by Crippen LogP contribution is -2.53. The molecule has 3 saturated heterocycles. The van der Waals surface area contributed by atoms with Gasteiger partial charge in [-0.1, -0.05) is 25.7 Å². The molecule has 3 aliphatic heterocycles. The van der Waals surface area contributed by atoms with Crippen LogP contribution in [0.25, 0.3) is 27.5 Å². The van der Waals surface area contributed by atoms with E-state index in [-0.39, 0.29) is 5.54 Å². The van der Waals surface area contributed by atoms with E-state index in [1.54, 1.807) is 0 Å². The molecule has 0 aromatic carbocycles. The van der Waals surface area contributed by atoms with Crippen LogP contribution < -0.4 is 16.0 Å². The second kappa shape index (κ2) is 13.0. The third-order valence-electron chi connectivity index (χ3n) is 10.9. The lowest BCUT2D eigenvalue weighted by atomic mass is 9.84. The molecule has 49 heavy (non-hydrogen) atoms. The van der Waals surface area contributed by atoms with Crippen LogP contribution in [-0.2, 0) is 0 Å². The van der Waals surface area contributed by atoms with Crippen LogP contribution in [0.3, 0.4) is 0 Å². The minimum Gasteiger partial charge on any atom is -0.367 e. The van der Waals surface area contributed by atoms with Gasteiger partial charge in [0.15, 0.2) is 5.82 Å². The van der Waals surface area contributed by atoms with Gasteiger partial charge in [-0.3, -0.25) is 19.3 Å². The molecule has 2 unspecified atom stereocenters. The molecule has 5 aromatic heterocycles. The number of piperidine rings is 2. The molecule has 3 fully saturated rings. The van der Waals surface area contributed by atoms with Crippen molar-refractivity contribution in [3.63, 3.8) is 0 Å². The predicted octanol–water partition coefficient (Wildman–Crippen LogP) is 7.23. The number of hydrogen-bond donors (Lipinski definition) is 3. The molecule has 3 N–H and O–H groups in total. The topological polar surface area (TPSA) is 112 Å². The molecule has 0 amide bonds. The number of aromatic nitrogens is 6. The van der Waals surface area contributed by atoms with E-state index in [0.29, 0.717) is 41.8 Å². The van der Waals surface area contributed by atoms with Gasteiger partial charge in [0.1, 0.15) is 28.7 Å². The number of fused-ring (bicyclic) bond motifs is 4. The molecular weight excluding hydrogens is 648 g/mol. The van der Waals surface area contributed by atoms with Crippen LogP contribution in [0, 0.1) is 6.92 Å². The second-order valence-electron chi connectivity index (χ2n) is 14.7. The van der Waals surface area contributed by atoms with E-state index in [4.69, 9.17) is 25.0 Å². The summed E-state index contributed by atoms with van der Waals surface area (Å²) < 4.78 is 6.85. The van der Waals surface area contributed by atoms with Crippen LogP contribution in [-0.4, -0.2) is 74.8 Å². The summed E-state index contributed by atoms with van der Waals surface area (Å²) in [7, 11) is 5.92. The monoisotopic (exact) mass is 695 g/mol. The van der Waals surface area contributed by atoms with Crippen molar-refractivity contribution < 1.29 is 0 Å². The minimum absolute atomic E-state index is 0.0590. The van der Waals surface area contributed by atoms with Crippen LogP contribution in [0.2, 0.25) is 0 Å². The average Bonchev–Trinajstić information content (AvgIpc) is 3.53. The SMILES string of the molecule is CC[C@H]1C[C@H](Nc2nc(Nc3cc(C)n(-c4cnc(N[C@@H]5C[C@H]6CC[C@@H](C5)N6P)c5cccnc45)n3)cc3ncccc23)CC(C)(C)N1P. The van der Waals surface area contributed by atoms with Gasteiger partial charge < -0.3 is 16.0 Å². The maximum Gasteiger partial charge on any atom is 0.154 e. The van der Waals surface area contributed by atoms with E-state index in [1.165, 1.54) is 12.8 Å². The largest absolute Gasteiger partial charge is 0.367 e. The number of pyridine rings is 4. The first kappa shape index (κ1) is 32.7. The minimum atomic E-state index is 0.0590. The van der Waals surface area contributed by atoms with Crippen LogP contribution >= 0.6 is 18.8 Å². The Morgan fingerprint density at radius 3 is 2.39 bits per heavy atom. The Bertz CT molecular complexity index is 1980. The van der Waals surface area contributed by atoms with Crippen molar-refractivity contribution in [1.82, 2.24) is 39.1 Å². The molecule has 0 aliphatic carbocycles. The van der Waals surface area contributed by atoms with Crippen molar-refractivity contribution in [2.45, 2.75) is 108 Å². The van der Waals surface area contributed by atoms with E-state index in [0.717, 1.165) is 76.9 Å². The smallest absolute Gasteiger partial charge is 0.154 e. The van der Waals surface area contributed by atoms with Gasteiger partial charge in [-0.25, -0.2) is 14.6 Å². The fraction of sp³-hybridized carbons (Fsp3) is 0.472. The fourth-order valence-electron chi connectivity index (χ4n) is 8.41. The molecule has 0 saturated carbocycles. The van der Waals surface area contributed by atoms with Crippen LogP contribution in [0.15, 0.2) is 55.0 Å². The summed E-state index contributed by atoms with van der Waals surface area (Å²) >= 11 is 0. The van der Waals surface area contributed by atoms with Crippen LogP contribution in [0.1, 0.15) is 71.4 Å². The zero-order chi connectivity index (χ0) is 33.9. The van der Waals surface area contributed by atoms with Gasteiger partial charge in [-0.05, 0) is 90.0 Å². The lowest BCUT2D eigenvalue weighted by Gasteiger charge is -2.48. The standard InChI is InChI=1S/C36H47N11P2/c1-5-24-17-23(19-36(3,4)47(24)49)41-35-27-8-6-12-37-29(27)18-31(43-35)42-32-14-21(2)45(44-32)30-20-39-34(28-9-7-13-38-33(28)30)40-22-15-25-10-11-26(16-22)46(25)48/h6-9,12-14,18,20,22-26H,5,10-11,15-17,19,48-49H2,1-4H3,(H,39,40)(H2,41,42,43,44)/t22-,23-,24-,25-,26+/m0/s1. The first-order chi connectivity index (χ1) is 23.7. The highest BCUT2D eigenvalue weighted by atomic mass is 31.0. The normalized spacial score (nSPS) is 25.6. The van der Waals surface area contributed by atoms with Gasteiger partial charge >= 0.3 is 0 Å². The molecule has 11 nitrogen and oxygen atoms in total. The molecular formula is C36H47N11P2. The first-order valence-corrected chi connectivity index (χ1v) is 18.6. The first-order valence-electron chi connectivity index (χ1n) is 17.6. The van der Waals surface area contributed by atoms with Gasteiger partial charge in [0, 0.05) is 76.7 Å². The molecule has 5 aromatic rings. The zero-order valence-electron chi connectivity index (χ0n) is 28.8. The second-order valence-corrected chi connectivity index (χ2v) is 15.9. The number of nitrogens with one attached hydrogen (secondary N) is 3. The molecule has 7 atom stereocenters. The Kier molecular flexibility index (Phi) is 8.68. The van der Waals surface area contributed by atoms with Crippen molar-refractivity contribution in [2.75, 3.05) is 16.0 Å². The maximum atomic E-state index is 5.09. The molecule has 8 heterocycles. The van der Waals surface area contributed by atoms with Gasteiger partial charge in [0.25, 0.3) is 0 Å². The quantitative estimate of drug-likeness (QED) is 0.144. The van der Waals surface area contributed by atoms with Crippen molar-refractivity contribution in [3.05, 3.63) is 60.7 Å². The third-order valence-corrected chi connectivity index (χ3v) is 12.9. The highest BCUT2D eigenvalue weighted by Crippen LogP contribution is 2.40. The Morgan fingerprint density at radius 1 is 0.878 bits per heavy atom. The average molecular weight is 696 g/mol. The fourth-order valence-corrected chi connectivity index (χ4v) is 9.39. The number of nitrogens with zero attached hydrogens (tertiary/aromatic N) is 8. The lowest BCUT2D eigenvalue weighted by molar-refractivity contribution is 0.112. The summed E-state index contributed by atoms with van der Waals surface area (Å²) in [5.74, 6) is 3.12. The number of rotatable bonds is 8. The highest BCUT2D eigenvalue weighted by molar-refractivity contribution is 7.13. The summed E-state index contributed by atoms with van der Waals surface area (Å²) in [6.45, 7) is 8.95. The zero-order valence-corrected chi connectivity index (χ0v) is 31.1. The maximum absolute atomic E-state index is 5.09. The number of anilines is 4. The van der Waals surface area contributed by atoms with E-state index in [1.807, 2.05) is 47.5 Å². The highest BCUT2D eigenvalue weighted by Gasteiger charge is 2.39. The molecule has 256 valence electrons. The Balaban J connectivity index is 1.06. The summed E-state index contributed by atoms with van der Waals surface area (Å²) in [6.07, 6.45) is 13.5. The van der Waals surface area contributed by atoms with Crippen LogP contribution in [0.5, 0.6) is 0 Å². The Labute approximate surface area is 293 Å². The van der Waals surface area contributed by atoms with Gasteiger partial charge in [0.2, 0.25) is 0 Å². The molecule has 2 bridgehead atoms. The molecule has 0 radical (unpaired) electrons. The van der Waals surface area contributed by atoms with Gasteiger partial charge in [-0.2, -0.15) is 0 Å². The Morgan fingerprint density at radius 2 is 1.61 bits per heavy atom. The predicted molar refractivity (Wildman–Crippen MR) is 206 cm³/mol. The van der Waals surface area contributed by atoms with Crippen molar-refractivity contribution in [3.8, 4) is 5.69 Å². The summed E-state index contributed by atoms with van der Waals surface area (Å²) in [4.78, 5) is 19.6. The van der Waals surface area contributed by atoms with E-state index in [9.17, 15) is 0 Å². The summed E-state index contributed by atoms with van der Waals surface area (Å²) in [6, 6.07) is 14.6. The molecule has 13 heteroatoms.